The first kappa shape index (κ1) is 19.9. The predicted octanol–water partition coefficient (Wildman–Crippen LogP) is 3.05. The molecule has 7 heteroatoms. The van der Waals surface area contributed by atoms with Crippen LogP contribution in [-0.4, -0.2) is 30.7 Å². The Morgan fingerprint density at radius 2 is 1.77 bits per heavy atom. The molecule has 138 valence electrons. The van der Waals surface area contributed by atoms with Gasteiger partial charge < -0.3 is 10.6 Å². The molecule has 0 bridgehead atoms. The first-order valence-corrected chi connectivity index (χ1v) is 9.24. The Morgan fingerprint density at radius 1 is 1.04 bits per heavy atom. The number of benzene rings is 2. The molecule has 0 fully saturated rings. The number of carbonyl (C=O) groups excluding carboxylic acids is 2. The zero-order chi connectivity index (χ0) is 18.9. The average Bonchev–Trinajstić information content (AvgIpc) is 2.61. The lowest BCUT2D eigenvalue weighted by atomic mass is 10.2. The number of carbonyl (C=O) groups is 2. The Bertz CT molecular complexity index is 767. The maximum absolute atomic E-state index is 13.5. The minimum Gasteiger partial charge on any atom is -0.354 e. The average molecular weight is 378 g/mol. The van der Waals surface area contributed by atoms with E-state index in [2.05, 4.69) is 34.9 Å². The largest absolute Gasteiger partial charge is 0.354 e. The lowest BCUT2D eigenvalue weighted by molar-refractivity contribution is -0.120. The second kappa shape index (κ2) is 9.91. The number of aryl methyl sites for hydroxylation is 1. The van der Waals surface area contributed by atoms with Crippen LogP contribution in [0.5, 0.6) is 0 Å². The second-order valence-electron chi connectivity index (χ2n) is 5.69. The van der Waals surface area contributed by atoms with Crippen LogP contribution >= 0.6 is 11.8 Å². The molecule has 0 aliphatic carbocycles. The van der Waals surface area contributed by atoms with Gasteiger partial charge in [-0.05, 0) is 24.6 Å². The Morgan fingerprint density at radius 3 is 2.46 bits per heavy atom. The maximum Gasteiger partial charge on any atom is 0.254 e. The van der Waals surface area contributed by atoms with Crippen LogP contribution in [-0.2, 0) is 10.5 Å². The first-order valence-electron chi connectivity index (χ1n) is 8.09. The summed E-state index contributed by atoms with van der Waals surface area (Å²) < 4.78 is 26.3. The quantitative estimate of drug-likeness (QED) is 0.694. The van der Waals surface area contributed by atoms with Crippen LogP contribution in [0.4, 0.5) is 8.78 Å². The molecule has 2 rings (SSSR count). The van der Waals surface area contributed by atoms with Gasteiger partial charge in [-0.3, -0.25) is 9.59 Å². The summed E-state index contributed by atoms with van der Waals surface area (Å²) in [5, 5.41) is 4.99. The molecule has 2 N–H and O–H groups in total. The topological polar surface area (TPSA) is 58.2 Å². The minimum absolute atomic E-state index is 0.266. The third-order valence-electron chi connectivity index (χ3n) is 3.54. The summed E-state index contributed by atoms with van der Waals surface area (Å²) in [5.74, 6) is -1.25. The van der Waals surface area contributed by atoms with Crippen LogP contribution in [0.1, 0.15) is 21.5 Å². The Kier molecular flexibility index (Phi) is 7.59. The van der Waals surface area contributed by atoms with Crippen molar-refractivity contribution in [2.75, 3.05) is 18.8 Å². The van der Waals surface area contributed by atoms with Gasteiger partial charge in [-0.15, -0.1) is 0 Å². The highest BCUT2D eigenvalue weighted by atomic mass is 32.2. The van der Waals surface area contributed by atoms with Gasteiger partial charge in [-0.25, -0.2) is 8.78 Å². The summed E-state index contributed by atoms with van der Waals surface area (Å²) in [6.45, 7) is 2.24. The van der Waals surface area contributed by atoms with Crippen LogP contribution in [0.3, 0.4) is 0 Å². The number of halogens is 2. The third-order valence-corrected chi connectivity index (χ3v) is 4.57. The van der Waals surface area contributed by atoms with Gasteiger partial charge >= 0.3 is 0 Å². The van der Waals surface area contributed by atoms with Crippen molar-refractivity contribution in [2.24, 2.45) is 0 Å². The van der Waals surface area contributed by atoms with E-state index in [1.54, 1.807) is 11.8 Å². The lowest BCUT2D eigenvalue weighted by Gasteiger charge is -2.08. The van der Waals surface area contributed by atoms with Gasteiger partial charge in [0.1, 0.15) is 11.6 Å². The SMILES string of the molecule is Cc1ccc(CSCCNC(=O)CNC(=O)c2ccc(F)cc2F)cc1. The van der Waals surface area contributed by atoms with E-state index >= 15 is 0 Å². The predicted molar refractivity (Wildman–Crippen MR) is 99.0 cm³/mol. The smallest absolute Gasteiger partial charge is 0.254 e. The zero-order valence-corrected chi connectivity index (χ0v) is 15.2. The van der Waals surface area contributed by atoms with Crippen molar-refractivity contribution in [2.45, 2.75) is 12.7 Å². The molecule has 2 aromatic rings. The monoisotopic (exact) mass is 378 g/mol. The molecule has 0 aliphatic heterocycles. The molecule has 4 nitrogen and oxygen atoms in total. The van der Waals surface area contributed by atoms with E-state index < -0.39 is 17.5 Å². The first-order chi connectivity index (χ1) is 12.5. The van der Waals surface area contributed by atoms with Gasteiger partial charge in [0.2, 0.25) is 5.91 Å². The molecule has 26 heavy (non-hydrogen) atoms. The summed E-state index contributed by atoms with van der Waals surface area (Å²) in [6, 6.07) is 10.9. The molecule has 0 aliphatic rings. The fourth-order valence-electron chi connectivity index (χ4n) is 2.13. The summed E-state index contributed by atoms with van der Waals surface area (Å²) in [7, 11) is 0. The standard InChI is InChI=1S/C19H20F2N2O2S/c1-13-2-4-14(5-3-13)12-26-9-8-22-18(24)11-23-19(25)16-7-6-15(20)10-17(16)21/h2-7,10H,8-9,11-12H2,1H3,(H,22,24)(H,23,25). The summed E-state index contributed by atoms with van der Waals surface area (Å²) in [5.41, 5.74) is 2.14. The number of amides is 2. The second-order valence-corrected chi connectivity index (χ2v) is 6.80. The van der Waals surface area contributed by atoms with Crippen LogP contribution in [0.15, 0.2) is 42.5 Å². The number of hydrogen-bond acceptors (Lipinski definition) is 3. The van der Waals surface area contributed by atoms with E-state index in [0.717, 1.165) is 23.6 Å². The van der Waals surface area contributed by atoms with Gasteiger partial charge in [0, 0.05) is 24.1 Å². The van der Waals surface area contributed by atoms with Crippen molar-refractivity contribution in [3.8, 4) is 0 Å². The van der Waals surface area contributed by atoms with Crippen molar-refractivity contribution in [3.05, 3.63) is 70.8 Å². The minimum atomic E-state index is -0.963. The maximum atomic E-state index is 13.5. The van der Waals surface area contributed by atoms with E-state index in [1.807, 2.05) is 6.92 Å². The van der Waals surface area contributed by atoms with E-state index in [9.17, 15) is 18.4 Å². The molecule has 2 amide bonds. The van der Waals surface area contributed by atoms with Gasteiger partial charge in [0.05, 0.1) is 12.1 Å². The Balaban J connectivity index is 1.62. The Labute approximate surface area is 155 Å². The zero-order valence-electron chi connectivity index (χ0n) is 14.4. The van der Waals surface area contributed by atoms with Crippen molar-refractivity contribution in [1.82, 2.24) is 10.6 Å². The van der Waals surface area contributed by atoms with Crippen molar-refractivity contribution < 1.29 is 18.4 Å². The normalized spacial score (nSPS) is 10.4. The van der Waals surface area contributed by atoms with Crippen molar-refractivity contribution in [3.63, 3.8) is 0 Å². The van der Waals surface area contributed by atoms with Gasteiger partial charge in [0.15, 0.2) is 0 Å². The molecule has 0 radical (unpaired) electrons. The summed E-state index contributed by atoms with van der Waals surface area (Å²) in [4.78, 5) is 23.5. The summed E-state index contributed by atoms with van der Waals surface area (Å²) >= 11 is 1.69. The van der Waals surface area contributed by atoms with E-state index in [0.29, 0.717) is 12.6 Å². The molecular formula is C19H20F2N2O2S. The van der Waals surface area contributed by atoms with Gasteiger partial charge in [0.25, 0.3) is 5.91 Å². The van der Waals surface area contributed by atoms with E-state index in [1.165, 1.54) is 11.1 Å². The van der Waals surface area contributed by atoms with E-state index in [4.69, 9.17) is 0 Å². The highest BCUT2D eigenvalue weighted by Gasteiger charge is 2.13. The fraction of sp³-hybridized carbons (Fsp3) is 0.263. The number of rotatable bonds is 8. The fourth-order valence-corrected chi connectivity index (χ4v) is 2.95. The molecule has 0 saturated carbocycles. The van der Waals surface area contributed by atoms with Crippen LogP contribution in [0.25, 0.3) is 0 Å². The van der Waals surface area contributed by atoms with Crippen LogP contribution in [0, 0.1) is 18.6 Å². The van der Waals surface area contributed by atoms with Gasteiger partial charge in [-0.2, -0.15) is 11.8 Å². The molecule has 2 aromatic carbocycles. The Hall–Kier alpha value is -2.41. The van der Waals surface area contributed by atoms with Gasteiger partial charge in [-0.1, -0.05) is 29.8 Å². The molecule has 0 saturated heterocycles. The van der Waals surface area contributed by atoms with Crippen LogP contribution < -0.4 is 10.6 Å². The summed E-state index contributed by atoms with van der Waals surface area (Å²) in [6.07, 6.45) is 0. The number of hydrogen-bond donors (Lipinski definition) is 2. The molecule has 0 unspecified atom stereocenters. The van der Waals surface area contributed by atoms with Crippen molar-refractivity contribution >= 4 is 23.6 Å². The van der Waals surface area contributed by atoms with E-state index in [-0.39, 0.29) is 18.0 Å². The highest BCUT2D eigenvalue weighted by molar-refractivity contribution is 7.98. The van der Waals surface area contributed by atoms with Crippen molar-refractivity contribution in [1.29, 1.82) is 0 Å². The molecule has 0 aromatic heterocycles. The number of nitrogens with one attached hydrogen (secondary N) is 2. The lowest BCUT2D eigenvalue weighted by Crippen LogP contribution is -2.38. The van der Waals surface area contributed by atoms with Crippen LogP contribution in [0.2, 0.25) is 0 Å². The molecule has 0 heterocycles. The molecular weight excluding hydrogens is 358 g/mol. The number of thioether (sulfide) groups is 1. The molecule has 0 atom stereocenters. The molecule has 0 spiro atoms. The highest BCUT2D eigenvalue weighted by Crippen LogP contribution is 2.12. The third kappa shape index (κ3) is 6.48.